The molecular weight excluding hydrogens is 228 g/mol. The van der Waals surface area contributed by atoms with Crippen LogP contribution in [0.5, 0.6) is 5.75 Å². The topological polar surface area (TPSA) is 66.0 Å². The number of hydrogen-bond donors (Lipinski definition) is 1. The van der Waals surface area contributed by atoms with Gasteiger partial charge in [-0.05, 0) is 24.6 Å². The Balaban J connectivity index is 2.18. The quantitative estimate of drug-likeness (QED) is 0.881. The van der Waals surface area contributed by atoms with Gasteiger partial charge in [-0.2, -0.15) is 0 Å². The maximum Gasteiger partial charge on any atom is 0.118 e. The van der Waals surface area contributed by atoms with E-state index in [4.69, 9.17) is 10.5 Å². The Morgan fingerprint density at radius 1 is 1.33 bits per heavy atom. The first kappa shape index (κ1) is 12.6. The van der Waals surface area contributed by atoms with Crippen molar-refractivity contribution in [3.05, 3.63) is 41.7 Å². The van der Waals surface area contributed by atoms with Gasteiger partial charge in [-0.1, -0.05) is 17.3 Å². The zero-order chi connectivity index (χ0) is 13.2. The van der Waals surface area contributed by atoms with Crippen molar-refractivity contribution in [2.45, 2.75) is 18.9 Å². The predicted molar refractivity (Wildman–Crippen MR) is 69.2 cm³/mol. The summed E-state index contributed by atoms with van der Waals surface area (Å²) in [5, 5.41) is 7.98. The maximum absolute atomic E-state index is 6.35. The van der Waals surface area contributed by atoms with Crippen LogP contribution in [0, 0.1) is 0 Å². The number of aryl methyl sites for hydroxylation is 1. The van der Waals surface area contributed by atoms with Crippen molar-refractivity contribution in [1.29, 1.82) is 0 Å². The molecule has 2 rings (SSSR count). The summed E-state index contributed by atoms with van der Waals surface area (Å²) in [6, 6.07) is 7.79. The zero-order valence-electron chi connectivity index (χ0n) is 10.9. The third-order valence-electron chi connectivity index (χ3n) is 2.95. The van der Waals surface area contributed by atoms with Gasteiger partial charge in [0.25, 0.3) is 0 Å². The molecule has 0 saturated carbocycles. The zero-order valence-corrected chi connectivity index (χ0v) is 10.9. The summed E-state index contributed by atoms with van der Waals surface area (Å²) in [5.41, 5.74) is 7.82. The molecule has 2 N–H and O–H groups in total. The van der Waals surface area contributed by atoms with Crippen molar-refractivity contribution in [3.63, 3.8) is 0 Å². The molecule has 0 amide bonds. The van der Waals surface area contributed by atoms with Crippen LogP contribution in [0.2, 0.25) is 0 Å². The molecule has 1 aromatic carbocycles. The molecule has 0 aliphatic carbocycles. The average molecular weight is 246 g/mol. The van der Waals surface area contributed by atoms with E-state index in [2.05, 4.69) is 10.3 Å². The molecule has 1 atom stereocenters. The Bertz CT molecular complexity index is 516. The molecule has 0 aliphatic heterocycles. The Hall–Kier alpha value is -1.88. The first-order valence-corrected chi connectivity index (χ1v) is 5.80. The lowest BCUT2D eigenvalue weighted by molar-refractivity contribution is 0.413. The number of benzene rings is 1. The fraction of sp³-hybridized carbons (Fsp3) is 0.385. The molecule has 0 spiro atoms. The van der Waals surface area contributed by atoms with Gasteiger partial charge in [0.15, 0.2) is 0 Å². The van der Waals surface area contributed by atoms with Gasteiger partial charge in [0.2, 0.25) is 0 Å². The normalized spacial score (nSPS) is 14.2. The van der Waals surface area contributed by atoms with E-state index < -0.39 is 5.54 Å². The van der Waals surface area contributed by atoms with E-state index in [1.54, 1.807) is 11.8 Å². The van der Waals surface area contributed by atoms with E-state index in [0.29, 0.717) is 6.42 Å². The summed E-state index contributed by atoms with van der Waals surface area (Å²) >= 11 is 0. The molecule has 5 nitrogen and oxygen atoms in total. The standard InChI is InChI=1S/C13H18N4O/c1-13(14,8-11-9-17(2)16-15-11)10-4-6-12(18-3)7-5-10/h4-7,9H,8,14H2,1-3H3. The van der Waals surface area contributed by atoms with Crippen LogP contribution in [0.15, 0.2) is 30.5 Å². The van der Waals surface area contributed by atoms with Crippen LogP contribution in [-0.4, -0.2) is 22.1 Å². The molecule has 0 bridgehead atoms. The minimum absolute atomic E-state index is 0.470. The smallest absolute Gasteiger partial charge is 0.118 e. The Morgan fingerprint density at radius 2 is 2.00 bits per heavy atom. The largest absolute Gasteiger partial charge is 0.497 e. The van der Waals surface area contributed by atoms with Crippen LogP contribution < -0.4 is 10.5 Å². The average Bonchev–Trinajstić information content (AvgIpc) is 2.74. The number of nitrogens with two attached hydrogens (primary N) is 1. The second kappa shape index (κ2) is 4.78. The summed E-state index contributed by atoms with van der Waals surface area (Å²) < 4.78 is 6.82. The van der Waals surface area contributed by atoms with Crippen molar-refractivity contribution >= 4 is 0 Å². The first-order chi connectivity index (χ1) is 8.51. The maximum atomic E-state index is 6.35. The lowest BCUT2D eigenvalue weighted by Gasteiger charge is -2.24. The van der Waals surface area contributed by atoms with Gasteiger partial charge in [0, 0.05) is 25.2 Å². The molecule has 5 heteroatoms. The Labute approximate surface area is 107 Å². The van der Waals surface area contributed by atoms with Crippen LogP contribution in [0.3, 0.4) is 0 Å². The highest BCUT2D eigenvalue weighted by atomic mass is 16.5. The van der Waals surface area contributed by atoms with Gasteiger partial charge in [0.1, 0.15) is 5.75 Å². The SMILES string of the molecule is COc1ccc(C(C)(N)Cc2cn(C)nn2)cc1. The molecule has 2 aromatic rings. The predicted octanol–water partition coefficient (Wildman–Crippen LogP) is 1.24. The fourth-order valence-electron chi connectivity index (χ4n) is 1.93. The minimum Gasteiger partial charge on any atom is -0.497 e. The number of nitrogens with zero attached hydrogens (tertiary/aromatic N) is 3. The molecule has 1 heterocycles. The first-order valence-electron chi connectivity index (χ1n) is 5.80. The lowest BCUT2D eigenvalue weighted by Crippen LogP contribution is -2.35. The second-order valence-electron chi connectivity index (χ2n) is 4.71. The van der Waals surface area contributed by atoms with E-state index in [1.165, 1.54) is 0 Å². The van der Waals surface area contributed by atoms with Gasteiger partial charge in [-0.25, -0.2) is 0 Å². The van der Waals surface area contributed by atoms with Crippen molar-refractivity contribution in [1.82, 2.24) is 15.0 Å². The molecule has 0 aliphatic rings. The number of ether oxygens (including phenoxy) is 1. The van der Waals surface area contributed by atoms with E-state index >= 15 is 0 Å². The second-order valence-corrected chi connectivity index (χ2v) is 4.71. The van der Waals surface area contributed by atoms with Crippen molar-refractivity contribution in [2.75, 3.05) is 7.11 Å². The highest BCUT2D eigenvalue weighted by Gasteiger charge is 2.23. The molecule has 0 saturated heterocycles. The molecular formula is C13H18N4O. The van der Waals surface area contributed by atoms with Gasteiger partial charge in [-0.3, -0.25) is 4.68 Å². The summed E-state index contributed by atoms with van der Waals surface area (Å²) in [7, 11) is 3.49. The molecule has 18 heavy (non-hydrogen) atoms. The van der Waals surface area contributed by atoms with E-state index in [0.717, 1.165) is 17.0 Å². The third-order valence-corrected chi connectivity index (χ3v) is 2.95. The summed E-state index contributed by atoms with van der Waals surface area (Å²) in [6.07, 6.45) is 2.53. The van der Waals surface area contributed by atoms with E-state index in [1.807, 2.05) is 44.4 Å². The summed E-state index contributed by atoms with van der Waals surface area (Å²) in [5.74, 6) is 0.828. The van der Waals surface area contributed by atoms with Gasteiger partial charge in [-0.15, -0.1) is 5.10 Å². The molecule has 1 unspecified atom stereocenters. The van der Waals surface area contributed by atoms with Crippen LogP contribution in [0.25, 0.3) is 0 Å². The van der Waals surface area contributed by atoms with Crippen LogP contribution in [0.1, 0.15) is 18.2 Å². The molecule has 1 aromatic heterocycles. The van der Waals surface area contributed by atoms with Crippen LogP contribution >= 0.6 is 0 Å². The van der Waals surface area contributed by atoms with Crippen molar-refractivity contribution < 1.29 is 4.74 Å². The van der Waals surface area contributed by atoms with Crippen LogP contribution in [-0.2, 0) is 19.0 Å². The fourth-order valence-corrected chi connectivity index (χ4v) is 1.93. The summed E-state index contributed by atoms with van der Waals surface area (Å²) in [4.78, 5) is 0. The number of rotatable bonds is 4. The number of methoxy groups -OCH3 is 1. The minimum atomic E-state index is -0.470. The third kappa shape index (κ3) is 2.68. The van der Waals surface area contributed by atoms with Gasteiger partial charge >= 0.3 is 0 Å². The molecule has 96 valence electrons. The monoisotopic (exact) mass is 246 g/mol. The molecule has 0 radical (unpaired) electrons. The van der Waals surface area contributed by atoms with Gasteiger partial charge < -0.3 is 10.5 Å². The highest BCUT2D eigenvalue weighted by molar-refractivity contribution is 5.32. The van der Waals surface area contributed by atoms with E-state index in [9.17, 15) is 0 Å². The van der Waals surface area contributed by atoms with Crippen molar-refractivity contribution in [2.24, 2.45) is 12.8 Å². The summed E-state index contributed by atoms with van der Waals surface area (Å²) in [6.45, 7) is 1.99. The Kier molecular flexibility index (Phi) is 3.34. The Morgan fingerprint density at radius 3 is 2.50 bits per heavy atom. The highest BCUT2D eigenvalue weighted by Crippen LogP contribution is 2.23. The van der Waals surface area contributed by atoms with Gasteiger partial charge in [0.05, 0.1) is 12.8 Å². The lowest BCUT2D eigenvalue weighted by atomic mass is 9.88. The molecule has 0 fully saturated rings. The number of hydrogen-bond acceptors (Lipinski definition) is 4. The van der Waals surface area contributed by atoms with Crippen LogP contribution in [0.4, 0.5) is 0 Å². The number of aromatic nitrogens is 3. The van der Waals surface area contributed by atoms with Crippen molar-refractivity contribution in [3.8, 4) is 5.75 Å². The van der Waals surface area contributed by atoms with E-state index in [-0.39, 0.29) is 0 Å².